The van der Waals surface area contributed by atoms with Crippen LogP contribution in [0.15, 0.2) is 30.3 Å². The molecule has 162 valence electrons. The molecule has 1 saturated heterocycles. The van der Waals surface area contributed by atoms with E-state index in [0.29, 0.717) is 24.0 Å². The number of hydrogen-bond donors (Lipinski definition) is 1. The molecule has 4 saturated carbocycles. The van der Waals surface area contributed by atoms with Crippen LogP contribution in [0.25, 0.3) is 0 Å². The quantitative estimate of drug-likeness (QED) is 0.637. The fourth-order valence-corrected chi connectivity index (χ4v) is 6.38. The van der Waals surface area contributed by atoms with Crippen LogP contribution in [0.5, 0.6) is 0 Å². The first-order valence-electron chi connectivity index (χ1n) is 12.0. The van der Waals surface area contributed by atoms with E-state index < -0.39 is 5.72 Å². The summed E-state index contributed by atoms with van der Waals surface area (Å²) in [5.41, 5.74) is 7.63. The van der Waals surface area contributed by atoms with Crippen LogP contribution in [0.4, 0.5) is 0 Å². The van der Waals surface area contributed by atoms with Gasteiger partial charge in [-0.05, 0) is 48.5 Å². The second kappa shape index (κ2) is 7.46. The summed E-state index contributed by atoms with van der Waals surface area (Å²) in [6, 6.07) is 10.3. The molecule has 0 amide bonds. The highest BCUT2D eigenvalue weighted by Gasteiger charge is 2.69. The molecule has 1 aliphatic heterocycles. The molecule has 1 aromatic carbocycles. The summed E-state index contributed by atoms with van der Waals surface area (Å²) in [5.74, 6) is 2.21. The second-order valence-electron chi connectivity index (χ2n) is 11.2. The SMILES string of the molecule is CC(Cc1ccccc1)C(=O)C[C@@H](CC1CC1)B1O[C@@H]2C[C@@H]3C[C@@H](C3(C)C)[C@]2(N)O1. The lowest BCUT2D eigenvalue weighted by Crippen LogP contribution is -2.70. The Hall–Kier alpha value is -1.17. The van der Waals surface area contributed by atoms with Crippen molar-refractivity contribution in [3.8, 4) is 0 Å². The van der Waals surface area contributed by atoms with E-state index in [0.717, 1.165) is 31.6 Å². The standard InChI is InChI=1S/C25H36BNO3/c1-16(11-17-7-5-4-6-8-17)21(28)15-20(12-18-9-10-18)26-29-23-14-19-13-22(24(19,2)3)25(23,27)30-26/h4-8,16,18-20,22-23H,9-15,27H2,1-3H3/t16?,19-,20+,22-,23+,25-/m0/s1. The van der Waals surface area contributed by atoms with E-state index in [1.807, 2.05) is 18.2 Å². The Morgan fingerprint density at radius 1 is 1.23 bits per heavy atom. The molecule has 0 radical (unpaired) electrons. The molecule has 4 nitrogen and oxygen atoms in total. The van der Waals surface area contributed by atoms with Crippen LogP contribution < -0.4 is 5.73 Å². The maximum Gasteiger partial charge on any atom is 0.462 e. The van der Waals surface area contributed by atoms with Crippen molar-refractivity contribution in [2.75, 3.05) is 0 Å². The summed E-state index contributed by atoms with van der Waals surface area (Å²) in [4.78, 5) is 13.1. The molecule has 1 heterocycles. The highest BCUT2D eigenvalue weighted by molar-refractivity contribution is 6.47. The molecule has 5 heteroatoms. The van der Waals surface area contributed by atoms with Crippen molar-refractivity contribution >= 4 is 12.9 Å². The lowest BCUT2D eigenvalue weighted by atomic mass is 9.45. The molecule has 0 spiro atoms. The van der Waals surface area contributed by atoms with Crippen LogP contribution >= 0.6 is 0 Å². The predicted molar refractivity (Wildman–Crippen MR) is 119 cm³/mol. The van der Waals surface area contributed by atoms with Crippen LogP contribution in [-0.2, 0) is 20.5 Å². The number of rotatable bonds is 8. The zero-order valence-electron chi connectivity index (χ0n) is 18.7. The predicted octanol–water partition coefficient (Wildman–Crippen LogP) is 4.62. The van der Waals surface area contributed by atoms with E-state index in [1.54, 1.807) is 0 Å². The molecule has 4 aliphatic carbocycles. The van der Waals surface area contributed by atoms with Gasteiger partial charge in [-0.25, -0.2) is 0 Å². The number of carbonyl (C=O) groups is 1. The first-order valence-corrected chi connectivity index (χ1v) is 12.0. The van der Waals surface area contributed by atoms with Crippen LogP contribution in [0.1, 0.15) is 64.9 Å². The molecule has 30 heavy (non-hydrogen) atoms. The van der Waals surface area contributed by atoms with Crippen molar-refractivity contribution in [1.29, 1.82) is 0 Å². The van der Waals surface area contributed by atoms with Gasteiger partial charge in [0, 0.05) is 24.1 Å². The third-order valence-corrected chi connectivity index (χ3v) is 8.75. The van der Waals surface area contributed by atoms with E-state index in [4.69, 9.17) is 15.0 Å². The first-order chi connectivity index (χ1) is 14.3. The molecule has 2 N–H and O–H groups in total. The van der Waals surface area contributed by atoms with E-state index in [2.05, 4.69) is 32.9 Å². The minimum atomic E-state index is -0.677. The number of nitrogens with two attached hydrogens (primary N) is 1. The van der Waals surface area contributed by atoms with Gasteiger partial charge in [-0.15, -0.1) is 0 Å². The van der Waals surface area contributed by atoms with Crippen molar-refractivity contribution < 1.29 is 14.1 Å². The fourth-order valence-electron chi connectivity index (χ4n) is 6.38. The van der Waals surface area contributed by atoms with Gasteiger partial charge < -0.3 is 15.0 Å². The monoisotopic (exact) mass is 409 g/mol. The van der Waals surface area contributed by atoms with Gasteiger partial charge in [-0.3, -0.25) is 4.79 Å². The maximum absolute atomic E-state index is 13.1. The molecule has 0 aromatic heterocycles. The number of hydrogen-bond acceptors (Lipinski definition) is 4. The third-order valence-electron chi connectivity index (χ3n) is 8.75. The highest BCUT2D eigenvalue weighted by atomic mass is 16.7. The van der Waals surface area contributed by atoms with Crippen LogP contribution in [-0.4, -0.2) is 24.7 Å². The van der Waals surface area contributed by atoms with E-state index in [9.17, 15) is 4.79 Å². The Morgan fingerprint density at radius 2 is 1.97 bits per heavy atom. The van der Waals surface area contributed by atoms with Crippen molar-refractivity contribution in [2.24, 2.45) is 34.8 Å². The topological polar surface area (TPSA) is 61.5 Å². The Labute approximate surface area is 181 Å². The first kappa shape index (κ1) is 20.7. The zero-order chi connectivity index (χ0) is 21.1. The van der Waals surface area contributed by atoms with E-state index >= 15 is 0 Å². The van der Waals surface area contributed by atoms with Crippen molar-refractivity contribution in [2.45, 2.75) is 83.4 Å². The second-order valence-corrected chi connectivity index (χ2v) is 11.2. The van der Waals surface area contributed by atoms with E-state index in [-0.39, 0.29) is 30.4 Å². The summed E-state index contributed by atoms with van der Waals surface area (Å²) < 4.78 is 13.0. The van der Waals surface area contributed by atoms with Gasteiger partial charge in [0.25, 0.3) is 0 Å². The fraction of sp³-hybridized carbons (Fsp3) is 0.720. The Kier molecular flexibility index (Phi) is 5.15. The largest absolute Gasteiger partial charge is 0.462 e. The van der Waals surface area contributed by atoms with Gasteiger partial charge in [-0.1, -0.05) is 63.9 Å². The summed E-state index contributed by atoms with van der Waals surface area (Å²) in [6.07, 6.45) is 7.02. The smallest absolute Gasteiger partial charge is 0.404 e. The average molecular weight is 409 g/mol. The molecule has 5 fully saturated rings. The van der Waals surface area contributed by atoms with Crippen LogP contribution in [0.2, 0.25) is 5.82 Å². The number of ketones is 1. The number of carbonyl (C=O) groups excluding carboxylic acids is 1. The Morgan fingerprint density at radius 3 is 2.63 bits per heavy atom. The molecule has 2 bridgehead atoms. The molecule has 6 rings (SSSR count). The van der Waals surface area contributed by atoms with E-state index in [1.165, 1.54) is 18.4 Å². The zero-order valence-corrected chi connectivity index (χ0v) is 18.7. The van der Waals surface area contributed by atoms with Gasteiger partial charge in [-0.2, -0.15) is 0 Å². The molecule has 6 atom stereocenters. The maximum atomic E-state index is 13.1. The van der Waals surface area contributed by atoms with Crippen LogP contribution in [0.3, 0.4) is 0 Å². The van der Waals surface area contributed by atoms with Gasteiger partial charge in [0.2, 0.25) is 0 Å². The Bertz CT molecular complexity index is 795. The van der Waals surface area contributed by atoms with Crippen molar-refractivity contribution in [3.05, 3.63) is 35.9 Å². The van der Waals surface area contributed by atoms with Crippen molar-refractivity contribution in [3.63, 3.8) is 0 Å². The third kappa shape index (κ3) is 3.57. The molecular weight excluding hydrogens is 373 g/mol. The summed E-state index contributed by atoms with van der Waals surface area (Å²) in [5, 5.41) is 0. The average Bonchev–Trinajstić information content (AvgIpc) is 3.45. The minimum Gasteiger partial charge on any atom is -0.404 e. The van der Waals surface area contributed by atoms with Gasteiger partial charge in [0.1, 0.15) is 11.5 Å². The highest BCUT2D eigenvalue weighted by Crippen LogP contribution is 2.64. The normalized spacial score (nSPS) is 36.0. The Balaban J connectivity index is 1.26. The van der Waals surface area contributed by atoms with Crippen LogP contribution in [0, 0.1) is 29.1 Å². The minimum absolute atomic E-state index is 0.0105. The van der Waals surface area contributed by atoms with Gasteiger partial charge in [0.05, 0.1) is 6.10 Å². The van der Waals surface area contributed by atoms with Gasteiger partial charge in [0.15, 0.2) is 0 Å². The molecule has 1 unspecified atom stereocenters. The summed E-state index contributed by atoms with van der Waals surface area (Å²) in [6.45, 7) is 6.70. The molecular formula is C25H36BNO3. The molecule has 1 aromatic rings. The molecule has 5 aliphatic rings. The lowest BCUT2D eigenvalue weighted by molar-refractivity contribution is -0.205. The van der Waals surface area contributed by atoms with Gasteiger partial charge >= 0.3 is 7.12 Å². The summed E-state index contributed by atoms with van der Waals surface area (Å²) >= 11 is 0. The van der Waals surface area contributed by atoms with Crippen molar-refractivity contribution in [1.82, 2.24) is 0 Å². The lowest BCUT2D eigenvalue weighted by Gasteiger charge is -2.64. The number of benzene rings is 1. The number of Topliss-reactive ketones (excluding diaryl/α,β-unsaturated/α-hetero) is 1. The summed E-state index contributed by atoms with van der Waals surface area (Å²) in [7, 11) is -0.330.